The zero-order valence-electron chi connectivity index (χ0n) is 15.0. The number of carbonyl (C=O) groups is 2. The van der Waals surface area contributed by atoms with Gasteiger partial charge in [-0.15, -0.1) is 0 Å². The number of hydrogen-bond donors (Lipinski definition) is 2. The summed E-state index contributed by atoms with van der Waals surface area (Å²) >= 11 is 0. The van der Waals surface area contributed by atoms with Crippen molar-refractivity contribution in [1.29, 1.82) is 0 Å². The van der Waals surface area contributed by atoms with E-state index in [2.05, 4.69) is 4.72 Å². The zero-order valence-corrected chi connectivity index (χ0v) is 15.8. The fraction of sp³-hybridized carbons (Fsp3) is 0.529. The lowest BCUT2D eigenvalue weighted by molar-refractivity contribution is -0.141. The first-order chi connectivity index (χ1) is 12.2. The Kier molecular flexibility index (Phi) is 6.25. The first-order valence-corrected chi connectivity index (χ1v) is 9.82. The molecule has 0 aromatic heterocycles. The Labute approximate surface area is 153 Å². The number of benzene rings is 1. The van der Waals surface area contributed by atoms with Crippen molar-refractivity contribution >= 4 is 21.9 Å². The topological polar surface area (TPSA) is 113 Å². The Morgan fingerprint density at radius 2 is 1.88 bits per heavy atom. The number of carboxylic acids is 1. The summed E-state index contributed by atoms with van der Waals surface area (Å²) in [6.45, 7) is 3.89. The molecule has 8 nitrogen and oxygen atoms in total. The Morgan fingerprint density at radius 3 is 2.35 bits per heavy atom. The molecule has 26 heavy (non-hydrogen) atoms. The summed E-state index contributed by atoms with van der Waals surface area (Å²) in [7, 11) is -2.42. The van der Waals surface area contributed by atoms with E-state index in [0.717, 1.165) is 0 Å². The molecule has 1 amide bonds. The minimum atomic E-state index is -3.90. The van der Waals surface area contributed by atoms with Crippen LogP contribution >= 0.6 is 0 Å². The summed E-state index contributed by atoms with van der Waals surface area (Å²) in [6, 6.07) is 4.89. The molecule has 144 valence electrons. The standard InChI is InChI=1S/C17H24N2O6S/c1-11(2)15(16(20)19-9-8-12(10-19)17(21)22)18-26(23,24)14-6-4-13(25-3)5-7-14/h4-7,11-12,15,18H,8-10H2,1-3H3,(H,21,22)/t12?,15-/m0/s1. The quantitative estimate of drug-likeness (QED) is 0.723. The van der Waals surface area contributed by atoms with Crippen LogP contribution in [0.25, 0.3) is 0 Å². The third kappa shape index (κ3) is 4.53. The van der Waals surface area contributed by atoms with Crippen LogP contribution in [-0.4, -0.2) is 56.5 Å². The molecule has 2 rings (SSSR count). The summed E-state index contributed by atoms with van der Waals surface area (Å²) in [5, 5.41) is 9.08. The largest absolute Gasteiger partial charge is 0.497 e. The summed E-state index contributed by atoms with van der Waals surface area (Å²) in [5.74, 6) is -1.72. The van der Waals surface area contributed by atoms with E-state index in [1.807, 2.05) is 0 Å². The molecule has 1 aliphatic heterocycles. The van der Waals surface area contributed by atoms with E-state index in [0.29, 0.717) is 18.7 Å². The maximum absolute atomic E-state index is 12.8. The smallest absolute Gasteiger partial charge is 0.308 e. The normalized spacial score (nSPS) is 18.8. The molecular formula is C17H24N2O6S. The van der Waals surface area contributed by atoms with Gasteiger partial charge in [0.2, 0.25) is 15.9 Å². The van der Waals surface area contributed by atoms with Gasteiger partial charge >= 0.3 is 5.97 Å². The second kappa shape index (κ2) is 8.05. The van der Waals surface area contributed by atoms with Crippen LogP contribution in [-0.2, 0) is 19.6 Å². The number of sulfonamides is 1. The first-order valence-electron chi connectivity index (χ1n) is 8.33. The Morgan fingerprint density at radius 1 is 1.27 bits per heavy atom. The van der Waals surface area contributed by atoms with Crippen molar-refractivity contribution in [3.8, 4) is 5.75 Å². The number of amides is 1. The number of methoxy groups -OCH3 is 1. The highest BCUT2D eigenvalue weighted by Gasteiger charge is 2.37. The lowest BCUT2D eigenvalue weighted by Gasteiger charge is -2.26. The Bertz CT molecular complexity index is 760. The van der Waals surface area contributed by atoms with Crippen LogP contribution in [0.5, 0.6) is 5.75 Å². The first kappa shape index (κ1) is 20.2. The van der Waals surface area contributed by atoms with Gasteiger partial charge in [0.25, 0.3) is 0 Å². The van der Waals surface area contributed by atoms with Gasteiger partial charge in [-0.3, -0.25) is 9.59 Å². The number of carbonyl (C=O) groups excluding carboxylic acids is 1. The number of hydrogen-bond acceptors (Lipinski definition) is 5. The SMILES string of the molecule is COc1ccc(S(=O)(=O)N[C@H](C(=O)N2CCC(C(=O)O)C2)C(C)C)cc1. The number of rotatable bonds is 7. The van der Waals surface area contributed by atoms with Crippen molar-refractivity contribution < 1.29 is 27.9 Å². The Hall–Kier alpha value is -2.13. The van der Waals surface area contributed by atoms with E-state index in [1.165, 1.54) is 36.3 Å². The molecular weight excluding hydrogens is 360 g/mol. The molecule has 1 fully saturated rings. The highest BCUT2D eigenvalue weighted by atomic mass is 32.2. The van der Waals surface area contributed by atoms with Crippen LogP contribution in [0.1, 0.15) is 20.3 Å². The second-order valence-corrected chi connectivity index (χ2v) is 8.34. The van der Waals surface area contributed by atoms with Crippen LogP contribution in [0.3, 0.4) is 0 Å². The minimum absolute atomic E-state index is 0.0292. The van der Waals surface area contributed by atoms with Gasteiger partial charge in [0.15, 0.2) is 0 Å². The summed E-state index contributed by atoms with van der Waals surface area (Å²) < 4.78 is 32.7. The maximum Gasteiger partial charge on any atom is 0.308 e. The van der Waals surface area contributed by atoms with Crippen LogP contribution in [0, 0.1) is 11.8 Å². The predicted molar refractivity (Wildman–Crippen MR) is 94.3 cm³/mol. The van der Waals surface area contributed by atoms with E-state index < -0.39 is 33.9 Å². The third-order valence-electron chi connectivity index (χ3n) is 4.43. The number of nitrogens with zero attached hydrogens (tertiary/aromatic N) is 1. The molecule has 1 saturated heterocycles. The van der Waals surface area contributed by atoms with E-state index in [4.69, 9.17) is 9.84 Å². The predicted octanol–water partition coefficient (Wildman–Crippen LogP) is 0.931. The monoisotopic (exact) mass is 384 g/mol. The molecule has 1 aliphatic rings. The van der Waals surface area contributed by atoms with Crippen molar-refractivity contribution in [1.82, 2.24) is 9.62 Å². The summed E-state index contributed by atoms with van der Waals surface area (Å²) in [4.78, 5) is 25.3. The van der Waals surface area contributed by atoms with Gasteiger partial charge < -0.3 is 14.7 Å². The lowest BCUT2D eigenvalue weighted by atomic mass is 10.0. The number of aliphatic carboxylic acids is 1. The van der Waals surface area contributed by atoms with Gasteiger partial charge in [-0.2, -0.15) is 4.72 Å². The number of ether oxygens (including phenoxy) is 1. The number of carboxylic acid groups (broad SMARTS) is 1. The van der Waals surface area contributed by atoms with Gasteiger partial charge in [-0.1, -0.05) is 13.8 Å². The molecule has 1 heterocycles. The summed E-state index contributed by atoms with van der Waals surface area (Å²) in [6.07, 6.45) is 0.372. The lowest BCUT2D eigenvalue weighted by Crippen LogP contribution is -2.50. The highest BCUT2D eigenvalue weighted by Crippen LogP contribution is 2.21. The van der Waals surface area contributed by atoms with Crippen molar-refractivity contribution in [2.24, 2.45) is 11.8 Å². The van der Waals surface area contributed by atoms with E-state index in [9.17, 15) is 18.0 Å². The van der Waals surface area contributed by atoms with Crippen LogP contribution in [0.15, 0.2) is 29.2 Å². The Balaban J connectivity index is 2.16. The van der Waals surface area contributed by atoms with Crippen LogP contribution < -0.4 is 9.46 Å². The van der Waals surface area contributed by atoms with Crippen molar-refractivity contribution in [2.75, 3.05) is 20.2 Å². The molecule has 9 heteroatoms. The fourth-order valence-corrected chi connectivity index (χ4v) is 4.16. The molecule has 2 N–H and O–H groups in total. The zero-order chi connectivity index (χ0) is 19.5. The molecule has 0 bridgehead atoms. The van der Waals surface area contributed by atoms with Gasteiger partial charge in [0.1, 0.15) is 11.8 Å². The van der Waals surface area contributed by atoms with E-state index in [-0.39, 0.29) is 17.4 Å². The fourth-order valence-electron chi connectivity index (χ4n) is 2.82. The van der Waals surface area contributed by atoms with Crippen molar-refractivity contribution in [3.63, 3.8) is 0 Å². The molecule has 0 aliphatic carbocycles. The van der Waals surface area contributed by atoms with E-state index in [1.54, 1.807) is 13.8 Å². The highest BCUT2D eigenvalue weighted by molar-refractivity contribution is 7.89. The van der Waals surface area contributed by atoms with Gasteiger partial charge in [-0.25, -0.2) is 8.42 Å². The van der Waals surface area contributed by atoms with Crippen LogP contribution in [0.4, 0.5) is 0 Å². The van der Waals surface area contributed by atoms with Crippen molar-refractivity contribution in [3.05, 3.63) is 24.3 Å². The van der Waals surface area contributed by atoms with Gasteiger partial charge in [0, 0.05) is 13.1 Å². The second-order valence-electron chi connectivity index (χ2n) is 6.63. The van der Waals surface area contributed by atoms with Crippen molar-refractivity contribution in [2.45, 2.75) is 31.2 Å². The molecule has 1 aromatic carbocycles. The molecule has 1 aromatic rings. The molecule has 2 atom stereocenters. The molecule has 0 saturated carbocycles. The number of likely N-dealkylation sites (tertiary alicyclic amines) is 1. The van der Waals surface area contributed by atoms with E-state index >= 15 is 0 Å². The minimum Gasteiger partial charge on any atom is -0.497 e. The molecule has 1 unspecified atom stereocenters. The molecule has 0 radical (unpaired) electrons. The average molecular weight is 384 g/mol. The summed E-state index contributed by atoms with van der Waals surface area (Å²) in [5.41, 5.74) is 0. The maximum atomic E-state index is 12.8. The number of nitrogens with one attached hydrogen (secondary N) is 1. The van der Waals surface area contributed by atoms with Gasteiger partial charge in [-0.05, 0) is 36.6 Å². The van der Waals surface area contributed by atoms with Gasteiger partial charge in [0.05, 0.1) is 17.9 Å². The average Bonchev–Trinajstić information content (AvgIpc) is 3.09. The molecule has 0 spiro atoms. The van der Waals surface area contributed by atoms with Crippen LogP contribution in [0.2, 0.25) is 0 Å². The third-order valence-corrected chi connectivity index (χ3v) is 5.89.